The van der Waals surface area contributed by atoms with Crippen molar-refractivity contribution >= 4 is 11.8 Å². The molecule has 0 radical (unpaired) electrons. The minimum Gasteiger partial charge on any atom is -0.384 e. The molecule has 2 amide bonds. The van der Waals surface area contributed by atoms with Gasteiger partial charge in [-0.15, -0.1) is 0 Å². The Morgan fingerprint density at radius 1 is 1.31 bits per heavy atom. The first kappa shape index (κ1) is 18.6. The van der Waals surface area contributed by atoms with E-state index < -0.39 is 0 Å². The maximum absolute atomic E-state index is 12.6. The van der Waals surface area contributed by atoms with Gasteiger partial charge in [0.25, 0.3) is 5.56 Å². The van der Waals surface area contributed by atoms with Gasteiger partial charge in [0, 0.05) is 33.5 Å². The van der Waals surface area contributed by atoms with Crippen LogP contribution in [0.15, 0.2) is 4.79 Å². The number of aromatic amines is 1. The largest absolute Gasteiger partial charge is 0.384 e. The van der Waals surface area contributed by atoms with Crippen LogP contribution >= 0.6 is 0 Å². The lowest BCUT2D eigenvalue weighted by molar-refractivity contribution is -0.136. The van der Waals surface area contributed by atoms with E-state index in [-0.39, 0.29) is 23.4 Å². The first-order valence-electron chi connectivity index (χ1n) is 9.17. The second kappa shape index (κ2) is 7.99. The maximum atomic E-state index is 12.6. The topological polar surface area (TPSA) is 95.6 Å². The van der Waals surface area contributed by atoms with Crippen molar-refractivity contribution in [1.29, 1.82) is 0 Å². The standard InChI is InChI=1S/C18H26N4O4/c1-12(23)21-9-6-14-13(11-21)18(25)20-17(19-14)15-5-3-4-8-22(15)16(24)7-10-26-2/h15H,3-11H2,1-2H3,(H,19,20,25). The van der Waals surface area contributed by atoms with Crippen LogP contribution in [0.1, 0.15) is 55.7 Å². The van der Waals surface area contributed by atoms with Gasteiger partial charge in [0.1, 0.15) is 5.82 Å². The molecule has 1 fully saturated rings. The van der Waals surface area contributed by atoms with E-state index in [0.717, 1.165) is 25.0 Å². The van der Waals surface area contributed by atoms with Crippen molar-refractivity contribution in [2.75, 3.05) is 26.8 Å². The van der Waals surface area contributed by atoms with Crippen molar-refractivity contribution in [3.63, 3.8) is 0 Å². The van der Waals surface area contributed by atoms with Crippen LogP contribution in [0.5, 0.6) is 0 Å². The third-order valence-electron chi connectivity index (χ3n) is 5.19. The molecule has 1 aromatic heterocycles. The summed E-state index contributed by atoms with van der Waals surface area (Å²) in [5.74, 6) is 0.552. The van der Waals surface area contributed by atoms with Crippen LogP contribution in [0.4, 0.5) is 0 Å². The molecule has 1 N–H and O–H groups in total. The van der Waals surface area contributed by atoms with Gasteiger partial charge in [0.2, 0.25) is 11.8 Å². The number of nitrogens with zero attached hydrogens (tertiary/aromatic N) is 3. The zero-order valence-electron chi connectivity index (χ0n) is 15.4. The van der Waals surface area contributed by atoms with Gasteiger partial charge in [-0.2, -0.15) is 0 Å². The number of methoxy groups -OCH3 is 1. The zero-order valence-corrected chi connectivity index (χ0v) is 15.4. The zero-order chi connectivity index (χ0) is 18.7. The number of rotatable bonds is 4. The number of carbonyl (C=O) groups is 2. The van der Waals surface area contributed by atoms with E-state index in [9.17, 15) is 14.4 Å². The molecule has 8 heteroatoms. The van der Waals surface area contributed by atoms with Crippen LogP contribution in [-0.4, -0.2) is 58.4 Å². The number of aromatic nitrogens is 2. The summed E-state index contributed by atoms with van der Waals surface area (Å²) in [6, 6.07) is -0.197. The minimum atomic E-state index is -0.203. The Balaban J connectivity index is 1.86. The molecule has 26 heavy (non-hydrogen) atoms. The SMILES string of the molecule is COCCC(=O)N1CCCCC1c1nc2c(c(=O)[nH]1)CN(C(C)=O)CC2. The van der Waals surface area contributed by atoms with E-state index in [1.54, 1.807) is 12.0 Å². The quantitative estimate of drug-likeness (QED) is 0.853. The Bertz CT molecular complexity index is 745. The van der Waals surface area contributed by atoms with Gasteiger partial charge in [0.15, 0.2) is 0 Å². The molecule has 142 valence electrons. The molecule has 0 bridgehead atoms. The fourth-order valence-corrected chi connectivity index (χ4v) is 3.72. The molecule has 0 saturated carbocycles. The number of hydrogen-bond donors (Lipinski definition) is 1. The maximum Gasteiger partial charge on any atom is 0.256 e. The highest BCUT2D eigenvalue weighted by Crippen LogP contribution is 2.29. The monoisotopic (exact) mass is 362 g/mol. The second-order valence-electron chi connectivity index (χ2n) is 6.91. The number of amides is 2. The third kappa shape index (κ3) is 3.80. The van der Waals surface area contributed by atoms with E-state index in [1.807, 2.05) is 4.90 Å². The van der Waals surface area contributed by atoms with E-state index in [4.69, 9.17) is 4.74 Å². The Kier molecular flexibility index (Phi) is 5.70. The van der Waals surface area contributed by atoms with Crippen molar-refractivity contribution < 1.29 is 14.3 Å². The van der Waals surface area contributed by atoms with E-state index in [1.165, 1.54) is 6.92 Å². The van der Waals surface area contributed by atoms with Gasteiger partial charge < -0.3 is 19.5 Å². The van der Waals surface area contributed by atoms with Crippen LogP contribution in [0, 0.1) is 0 Å². The number of hydrogen-bond acceptors (Lipinski definition) is 5. The molecule has 1 unspecified atom stereocenters. The first-order valence-corrected chi connectivity index (χ1v) is 9.17. The Morgan fingerprint density at radius 2 is 2.12 bits per heavy atom. The highest BCUT2D eigenvalue weighted by Gasteiger charge is 2.31. The molecule has 0 aromatic carbocycles. The predicted molar refractivity (Wildman–Crippen MR) is 94.5 cm³/mol. The van der Waals surface area contributed by atoms with E-state index in [2.05, 4.69) is 9.97 Å². The van der Waals surface area contributed by atoms with Crippen molar-refractivity contribution in [2.24, 2.45) is 0 Å². The lowest BCUT2D eigenvalue weighted by Crippen LogP contribution is -2.42. The molecule has 3 rings (SSSR count). The summed E-state index contributed by atoms with van der Waals surface area (Å²) in [4.78, 5) is 47.7. The van der Waals surface area contributed by atoms with Gasteiger partial charge in [-0.1, -0.05) is 0 Å². The third-order valence-corrected chi connectivity index (χ3v) is 5.19. The second-order valence-corrected chi connectivity index (χ2v) is 6.91. The Hall–Kier alpha value is -2.22. The molecule has 2 aliphatic rings. The lowest BCUT2D eigenvalue weighted by Gasteiger charge is -2.35. The van der Waals surface area contributed by atoms with Crippen LogP contribution in [-0.2, 0) is 27.3 Å². The lowest BCUT2D eigenvalue weighted by atomic mass is 10.00. The van der Waals surface area contributed by atoms with Crippen molar-refractivity contribution in [3.8, 4) is 0 Å². The fourth-order valence-electron chi connectivity index (χ4n) is 3.72. The molecule has 0 spiro atoms. The summed E-state index contributed by atoms with van der Waals surface area (Å²) in [7, 11) is 1.58. The number of nitrogens with one attached hydrogen (secondary N) is 1. The van der Waals surface area contributed by atoms with Gasteiger partial charge in [-0.25, -0.2) is 4.98 Å². The molecular weight excluding hydrogens is 336 g/mol. The van der Waals surface area contributed by atoms with Crippen molar-refractivity contribution in [3.05, 3.63) is 27.4 Å². The average Bonchev–Trinajstić information content (AvgIpc) is 2.65. The minimum absolute atomic E-state index is 0.0275. The molecule has 3 heterocycles. The number of fused-ring (bicyclic) bond motifs is 1. The normalized spacial score (nSPS) is 20.0. The highest BCUT2D eigenvalue weighted by molar-refractivity contribution is 5.76. The summed E-state index contributed by atoms with van der Waals surface area (Å²) in [6.07, 6.45) is 3.64. The number of carbonyl (C=O) groups excluding carboxylic acids is 2. The molecule has 1 aromatic rings. The van der Waals surface area contributed by atoms with E-state index >= 15 is 0 Å². The Labute approximate surface area is 152 Å². The molecule has 1 atom stereocenters. The fraction of sp³-hybridized carbons (Fsp3) is 0.667. The predicted octanol–water partition coefficient (Wildman–Crippen LogP) is 0.765. The van der Waals surface area contributed by atoms with Gasteiger partial charge in [-0.3, -0.25) is 14.4 Å². The molecule has 2 aliphatic heterocycles. The number of piperidine rings is 1. The summed E-state index contributed by atoms with van der Waals surface area (Å²) in [5, 5.41) is 0. The van der Waals surface area contributed by atoms with Crippen molar-refractivity contribution in [2.45, 2.75) is 51.6 Å². The summed E-state index contributed by atoms with van der Waals surface area (Å²) in [6.45, 7) is 3.43. The van der Waals surface area contributed by atoms with E-state index in [0.29, 0.717) is 50.5 Å². The van der Waals surface area contributed by atoms with Crippen LogP contribution < -0.4 is 5.56 Å². The molecule has 1 saturated heterocycles. The van der Waals surface area contributed by atoms with Gasteiger partial charge >= 0.3 is 0 Å². The summed E-state index contributed by atoms with van der Waals surface area (Å²) in [5.41, 5.74) is 1.10. The van der Waals surface area contributed by atoms with Crippen molar-refractivity contribution in [1.82, 2.24) is 19.8 Å². The van der Waals surface area contributed by atoms with Crippen LogP contribution in [0.2, 0.25) is 0 Å². The van der Waals surface area contributed by atoms with Gasteiger partial charge in [0.05, 0.1) is 36.9 Å². The molecular formula is C18H26N4O4. The van der Waals surface area contributed by atoms with Crippen LogP contribution in [0.25, 0.3) is 0 Å². The van der Waals surface area contributed by atoms with Crippen LogP contribution in [0.3, 0.4) is 0 Å². The number of H-pyrrole nitrogens is 1. The molecule has 8 nitrogen and oxygen atoms in total. The smallest absolute Gasteiger partial charge is 0.256 e. The Morgan fingerprint density at radius 3 is 2.85 bits per heavy atom. The average molecular weight is 362 g/mol. The molecule has 0 aliphatic carbocycles. The summed E-state index contributed by atoms with van der Waals surface area (Å²) >= 11 is 0. The number of ether oxygens (including phenoxy) is 1. The summed E-state index contributed by atoms with van der Waals surface area (Å²) < 4.78 is 5.01. The number of likely N-dealkylation sites (tertiary alicyclic amines) is 1. The highest BCUT2D eigenvalue weighted by atomic mass is 16.5. The first-order chi connectivity index (χ1) is 12.5. The van der Waals surface area contributed by atoms with Gasteiger partial charge in [-0.05, 0) is 19.3 Å².